The lowest BCUT2D eigenvalue weighted by molar-refractivity contribution is -0.129. The number of carbonyl (C=O) groups excluding carboxylic acids is 2. The highest BCUT2D eigenvalue weighted by atomic mass is 16.6. The molecule has 0 atom stereocenters. The van der Waals surface area contributed by atoms with Gasteiger partial charge in [-0.05, 0) is 48.8 Å². The Kier molecular flexibility index (Phi) is 10.9. The summed E-state index contributed by atoms with van der Waals surface area (Å²) in [5.74, 6) is 0.189. The molecule has 0 aliphatic rings. The molecular formula is C27H30N2O5. The van der Waals surface area contributed by atoms with Crippen molar-refractivity contribution >= 4 is 24.0 Å². The summed E-state index contributed by atoms with van der Waals surface area (Å²) in [5.41, 5.74) is 1.31. The highest BCUT2D eigenvalue weighted by molar-refractivity contribution is 6.01. The maximum absolute atomic E-state index is 12.4. The Bertz CT molecular complexity index is 1080. The standard InChI is InChI=1S/C27H30N2O5/c1-4-6-15-29-27(31)22(19-28)17-20-11-13-24(25(18-20)32-3)34-26(30)14-12-21-9-7-8-10-23(21)33-16-5-2/h7-14,17-18H,4-6,15-16H2,1-3H3,(H,29,31)/b14-12+,22-17+. The minimum atomic E-state index is -0.583. The third kappa shape index (κ3) is 8.14. The number of methoxy groups -OCH3 is 1. The Balaban J connectivity index is 2.13. The van der Waals surface area contributed by atoms with Crippen LogP contribution in [0.25, 0.3) is 12.2 Å². The molecule has 0 spiro atoms. The molecule has 0 aliphatic carbocycles. The minimum absolute atomic E-state index is 0.0187. The number of rotatable bonds is 12. The molecule has 0 fully saturated rings. The van der Waals surface area contributed by atoms with Crippen molar-refractivity contribution in [3.05, 3.63) is 65.2 Å². The van der Waals surface area contributed by atoms with Crippen LogP contribution in [0.4, 0.5) is 0 Å². The SMILES string of the molecule is CCCCNC(=O)/C(C#N)=C/c1ccc(OC(=O)/C=C/c2ccccc2OCCC)c(OC)c1. The van der Waals surface area contributed by atoms with Crippen LogP contribution in [-0.4, -0.2) is 32.1 Å². The Labute approximate surface area is 200 Å². The highest BCUT2D eigenvalue weighted by Gasteiger charge is 2.12. The van der Waals surface area contributed by atoms with Crippen molar-refractivity contribution in [2.45, 2.75) is 33.1 Å². The molecule has 178 valence electrons. The van der Waals surface area contributed by atoms with Crippen LogP contribution in [0.2, 0.25) is 0 Å². The summed E-state index contributed by atoms with van der Waals surface area (Å²) in [6.45, 7) is 5.13. The molecule has 1 amide bonds. The summed E-state index contributed by atoms with van der Waals surface area (Å²) >= 11 is 0. The van der Waals surface area contributed by atoms with Crippen molar-refractivity contribution < 1.29 is 23.8 Å². The lowest BCUT2D eigenvalue weighted by Crippen LogP contribution is -2.25. The fourth-order valence-corrected chi connectivity index (χ4v) is 2.91. The second kappa shape index (κ2) is 14.2. The van der Waals surface area contributed by atoms with Crippen molar-refractivity contribution in [3.63, 3.8) is 0 Å². The molecule has 0 heterocycles. The molecule has 1 N–H and O–H groups in total. The number of carbonyl (C=O) groups is 2. The van der Waals surface area contributed by atoms with Gasteiger partial charge in [0.2, 0.25) is 0 Å². The van der Waals surface area contributed by atoms with E-state index in [-0.39, 0.29) is 11.3 Å². The number of unbranched alkanes of at least 4 members (excludes halogenated alkanes) is 1. The van der Waals surface area contributed by atoms with Gasteiger partial charge in [0.25, 0.3) is 5.91 Å². The van der Waals surface area contributed by atoms with Crippen LogP contribution in [0.3, 0.4) is 0 Å². The van der Waals surface area contributed by atoms with Crippen LogP contribution in [0.1, 0.15) is 44.2 Å². The first-order valence-electron chi connectivity index (χ1n) is 11.2. The summed E-state index contributed by atoms with van der Waals surface area (Å²) in [7, 11) is 1.44. The van der Waals surface area contributed by atoms with Gasteiger partial charge in [-0.3, -0.25) is 4.79 Å². The third-order valence-electron chi connectivity index (χ3n) is 4.67. The number of nitrogens with one attached hydrogen (secondary N) is 1. The van der Waals surface area contributed by atoms with Crippen LogP contribution in [0.5, 0.6) is 17.2 Å². The fraction of sp³-hybridized carbons (Fsp3) is 0.296. The molecule has 0 radical (unpaired) electrons. The molecule has 0 saturated heterocycles. The van der Waals surface area contributed by atoms with Gasteiger partial charge < -0.3 is 19.5 Å². The molecule has 0 unspecified atom stereocenters. The Hall–Kier alpha value is -4.05. The Morgan fingerprint density at radius 3 is 2.56 bits per heavy atom. The van der Waals surface area contributed by atoms with E-state index in [1.165, 1.54) is 19.3 Å². The number of nitrogens with zero attached hydrogens (tertiary/aromatic N) is 1. The Morgan fingerprint density at radius 1 is 1.06 bits per heavy atom. The van der Waals surface area contributed by atoms with Crippen molar-refractivity contribution in [2.24, 2.45) is 0 Å². The van der Waals surface area contributed by atoms with Crippen molar-refractivity contribution in [1.82, 2.24) is 5.32 Å². The summed E-state index contributed by atoms with van der Waals surface area (Å²) in [4.78, 5) is 24.6. The molecule has 0 aromatic heterocycles. The van der Waals surface area contributed by atoms with Gasteiger partial charge in [0.1, 0.15) is 17.4 Å². The number of hydrogen-bond acceptors (Lipinski definition) is 6. The van der Waals surface area contributed by atoms with Gasteiger partial charge in [-0.15, -0.1) is 0 Å². The molecule has 2 aromatic rings. The molecule has 0 bridgehead atoms. The van der Waals surface area contributed by atoms with Crippen LogP contribution in [-0.2, 0) is 9.59 Å². The maximum atomic E-state index is 12.4. The minimum Gasteiger partial charge on any atom is -0.493 e. The lowest BCUT2D eigenvalue weighted by atomic mass is 10.1. The van der Waals surface area contributed by atoms with Gasteiger partial charge in [0.05, 0.1) is 13.7 Å². The molecule has 7 nitrogen and oxygen atoms in total. The van der Waals surface area contributed by atoms with E-state index in [4.69, 9.17) is 14.2 Å². The van der Waals surface area contributed by atoms with E-state index in [0.29, 0.717) is 30.2 Å². The number of hydrogen-bond donors (Lipinski definition) is 1. The van der Waals surface area contributed by atoms with Gasteiger partial charge in [0, 0.05) is 18.2 Å². The normalized spacial score (nSPS) is 11.1. The zero-order chi connectivity index (χ0) is 24.8. The zero-order valence-corrected chi connectivity index (χ0v) is 19.8. The average molecular weight is 463 g/mol. The monoisotopic (exact) mass is 462 g/mol. The number of esters is 1. The highest BCUT2D eigenvalue weighted by Crippen LogP contribution is 2.29. The van der Waals surface area contributed by atoms with Gasteiger partial charge in [-0.25, -0.2) is 4.79 Å². The number of ether oxygens (including phenoxy) is 3. The number of para-hydroxylation sites is 1. The smallest absolute Gasteiger partial charge is 0.336 e. The summed E-state index contributed by atoms with van der Waals surface area (Å²) in [6.07, 6.45) is 7.07. The average Bonchev–Trinajstić information content (AvgIpc) is 2.85. The molecular weight excluding hydrogens is 432 g/mol. The lowest BCUT2D eigenvalue weighted by Gasteiger charge is -2.10. The van der Waals surface area contributed by atoms with Gasteiger partial charge >= 0.3 is 5.97 Å². The van der Waals surface area contributed by atoms with Crippen LogP contribution < -0.4 is 19.5 Å². The fourth-order valence-electron chi connectivity index (χ4n) is 2.91. The molecule has 7 heteroatoms. The van der Waals surface area contributed by atoms with Crippen LogP contribution >= 0.6 is 0 Å². The van der Waals surface area contributed by atoms with E-state index < -0.39 is 11.9 Å². The summed E-state index contributed by atoms with van der Waals surface area (Å²) in [6, 6.07) is 14.1. The quantitative estimate of drug-likeness (QED) is 0.158. The van der Waals surface area contributed by atoms with Gasteiger partial charge in [-0.2, -0.15) is 5.26 Å². The first kappa shape index (κ1) is 26.2. The number of amides is 1. The van der Waals surface area contributed by atoms with E-state index >= 15 is 0 Å². The van der Waals surface area contributed by atoms with Crippen molar-refractivity contribution in [3.8, 4) is 23.3 Å². The molecule has 0 saturated carbocycles. The Morgan fingerprint density at radius 2 is 1.85 bits per heavy atom. The van der Waals surface area contributed by atoms with E-state index in [1.807, 2.05) is 44.2 Å². The third-order valence-corrected chi connectivity index (χ3v) is 4.67. The maximum Gasteiger partial charge on any atom is 0.336 e. The molecule has 2 aromatic carbocycles. The van der Waals surface area contributed by atoms with Gasteiger partial charge in [0.15, 0.2) is 11.5 Å². The second-order valence-electron chi connectivity index (χ2n) is 7.33. The van der Waals surface area contributed by atoms with Crippen molar-refractivity contribution in [1.29, 1.82) is 5.26 Å². The zero-order valence-electron chi connectivity index (χ0n) is 19.8. The van der Waals surface area contributed by atoms with E-state index in [9.17, 15) is 14.9 Å². The van der Waals surface area contributed by atoms with Crippen molar-refractivity contribution in [2.75, 3.05) is 20.3 Å². The molecule has 34 heavy (non-hydrogen) atoms. The number of nitriles is 1. The molecule has 2 rings (SSSR count). The van der Waals surface area contributed by atoms with E-state index in [2.05, 4.69) is 5.32 Å². The largest absolute Gasteiger partial charge is 0.493 e. The van der Waals surface area contributed by atoms with E-state index in [1.54, 1.807) is 24.3 Å². The predicted molar refractivity (Wildman–Crippen MR) is 131 cm³/mol. The first-order valence-corrected chi connectivity index (χ1v) is 11.2. The van der Waals surface area contributed by atoms with Gasteiger partial charge in [-0.1, -0.05) is 44.5 Å². The molecule has 0 aliphatic heterocycles. The van der Waals surface area contributed by atoms with E-state index in [0.717, 1.165) is 24.8 Å². The van der Waals surface area contributed by atoms with Crippen LogP contribution in [0, 0.1) is 11.3 Å². The summed E-state index contributed by atoms with van der Waals surface area (Å²) in [5, 5.41) is 12.1. The predicted octanol–water partition coefficient (Wildman–Crippen LogP) is 4.93. The topological polar surface area (TPSA) is 97.7 Å². The summed E-state index contributed by atoms with van der Waals surface area (Å²) < 4.78 is 16.4. The first-order chi connectivity index (χ1) is 16.5. The second-order valence-corrected chi connectivity index (χ2v) is 7.33. The number of benzene rings is 2. The van der Waals surface area contributed by atoms with Crippen LogP contribution in [0.15, 0.2) is 54.1 Å².